The molecule has 90 valence electrons. The van der Waals surface area contributed by atoms with Crippen LogP contribution in [0, 0.1) is 5.82 Å². The van der Waals surface area contributed by atoms with Gasteiger partial charge < -0.3 is 15.6 Å². The SMILES string of the molecule is CCC[C@@H](O)[C@@H](N)c1cc(OC)ccc1F. The van der Waals surface area contributed by atoms with Gasteiger partial charge in [0, 0.05) is 5.56 Å². The summed E-state index contributed by atoms with van der Waals surface area (Å²) in [4.78, 5) is 0. The van der Waals surface area contributed by atoms with E-state index >= 15 is 0 Å². The lowest BCUT2D eigenvalue weighted by Crippen LogP contribution is -2.26. The number of benzene rings is 1. The van der Waals surface area contributed by atoms with Crippen molar-refractivity contribution in [3.63, 3.8) is 0 Å². The van der Waals surface area contributed by atoms with Gasteiger partial charge in [0.2, 0.25) is 0 Å². The average Bonchev–Trinajstić information content (AvgIpc) is 2.29. The first-order valence-electron chi connectivity index (χ1n) is 5.37. The van der Waals surface area contributed by atoms with Crippen LogP contribution in [0.2, 0.25) is 0 Å². The van der Waals surface area contributed by atoms with Gasteiger partial charge in [-0.3, -0.25) is 0 Å². The average molecular weight is 227 g/mol. The molecule has 2 atom stereocenters. The molecule has 0 aromatic heterocycles. The Bertz CT molecular complexity index is 344. The van der Waals surface area contributed by atoms with Crippen LogP contribution in [0.5, 0.6) is 5.75 Å². The Kier molecular flexibility index (Phi) is 4.71. The van der Waals surface area contributed by atoms with E-state index in [0.29, 0.717) is 17.7 Å². The number of nitrogens with two attached hydrogens (primary N) is 1. The van der Waals surface area contributed by atoms with Crippen LogP contribution >= 0.6 is 0 Å². The molecule has 1 aromatic carbocycles. The summed E-state index contributed by atoms with van der Waals surface area (Å²) in [6, 6.07) is 3.64. The van der Waals surface area contributed by atoms with Crippen LogP contribution in [0.4, 0.5) is 4.39 Å². The molecule has 0 aliphatic rings. The highest BCUT2D eigenvalue weighted by Gasteiger charge is 2.19. The van der Waals surface area contributed by atoms with Crippen molar-refractivity contribution in [1.29, 1.82) is 0 Å². The highest BCUT2D eigenvalue weighted by molar-refractivity contribution is 5.32. The molecule has 3 N–H and O–H groups in total. The zero-order chi connectivity index (χ0) is 12.1. The summed E-state index contributed by atoms with van der Waals surface area (Å²) in [5.74, 6) is 0.124. The summed E-state index contributed by atoms with van der Waals surface area (Å²) < 4.78 is 18.5. The van der Waals surface area contributed by atoms with Crippen LogP contribution in [0.3, 0.4) is 0 Å². The van der Waals surface area contributed by atoms with E-state index in [0.717, 1.165) is 6.42 Å². The van der Waals surface area contributed by atoms with Crippen LogP contribution in [0.1, 0.15) is 31.4 Å². The van der Waals surface area contributed by atoms with Gasteiger partial charge in [0.1, 0.15) is 11.6 Å². The molecule has 0 amide bonds. The summed E-state index contributed by atoms with van der Waals surface area (Å²) >= 11 is 0. The van der Waals surface area contributed by atoms with Crippen molar-refractivity contribution in [2.45, 2.75) is 31.9 Å². The lowest BCUT2D eigenvalue weighted by molar-refractivity contribution is 0.132. The molecule has 0 saturated carbocycles. The lowest BCUT2D eigenvalue weighted by Gasteiger charge is -2.19. The first kappa shape index (κ1) is 12.9. The van der Waals surface area contributed by atoms with Gasteiger partial charge in [-0.05, 0) is 24.6 Å². The van der Waals surface area contributed by atoms with E-state index in [9.17, 15) is 9.50 Å². The number of hydrogen-bond acceptors (Lipinski definition) is 3. The predicted molar refractivity (Wildman–Crippen MR) is 60.8 cm³/mol. The molecule has 3 nitrogen and oxygen atoms in total. The summed E-state index contributed by atoms with van der Waals surface area (Å²) in [7, 11) is 1.50. The standard InChI is InChI=1S/C12H18FNO2/c1-3-4-11(15)12(14)9-7-8(16-2)5-6-10(9)13/h5-7,11-12,15H,3-4,14H2,1-2H3/t11-,12+/m1/s1. The summed E-state index contributed by atoms with van der Waals surface area (Å²) in [6.07, 6.45) is 0.629. The smallest absolute Gasteiger partial charge is 0.128 e. The molecule has 0 radical (unpaired) electrons. The van der Waals surface area contributed by atoms with Crippen molar-refractivity contribution in [3.8, 4) is 5.75 Å². The molecule has 0 aliphatic heterocycles. The van der Waals surface area contributed by atoms with Crippen LogP contribution < -0.4 is 10.5 Å². The van der Waals surface area contributed by atoms with E-state index in [4.69, 9.17) is 10.5 Å². The zero-order valence-electron chi connectivity index (χ0n) is 9.61. The minimum Gasteiger partial charge on any atom is -0.497 e. The fourth-order valence-corrected chi connectivity index (χ4v) is 1.59. The molecule has 1 rings (SSSR count). The normalized spacial score (nSPS) is 14.6. The molecular weight excluding hydrogens is 209 g/mol. The first-order valence-corrected chi connectivity index (χ1v) is 5.37. The maximum atomic E-state index is 13.5. The van der Waals surface area contributed by atoms with Gasteiger partial charge >= 0.3 is 0 Å². The van der Waals surface area contributed by atoms with E-state index in [-0.39, 0.29) is 0 Å². The highest BCUT2D eigenvalue weighted by Crippen LogP contribution is 2.24. The van der Waals surface area contributed by atoms with Gasteiger partial charge in [-0.25, -0.2) is 4.39 Å². The molecule has 1 aromatic rings. The second-order valence-corrected chi connectivity index (χ2v) is 3.77. The van der Waals surface area contributed by atoms with E-state index < -0.39 is 18.0 Å². The molecule has 0 unspecified atom stereocenters. The third-order valence-electron chi connectivity index (χ3n) is 2.56. The highest BCUT2D eigenvalue weighted by atomic mass is 19.1. The van der Waals surface area contributed by atoms with Gasteiger partial charge in [0.25, 0.3) is 0 Å². The van der Waals surface area contributed by atoms with Gasteiger partial charge in [-0.2, -0.15) is 0 Å². The second-order valence-electron chi connectivity index (χ2n) is 3.77. The number of methoxy groups -OCH3 is 1. The van der Waals surface area contributed by atoms with Crippen LogP contribution in [-0.2, 0) is 0 Å². The van der Waals surface area contributed by atoms with Crippen molar-refractivity contribution >= 4 is 0 Å². The Morgan fingerprint density at radius 2 is 2.19 bits per heavy atom. The van der Waals surface area contributed by atoms with E-state index in [1.165, 1.54) is 25.3 Å². The monoisotopic (exact) mass is 227 g/mol. The topological polar surface area (TPSA) is 55.5 Å². The maximum absolute atomic E-state index is 13.5. The Morgan fingerprint density at radius 3 is 2.75 bits per heavy atom. The third kappa shape index (κ3) is 2.93. The van der Waals surface area contributed by atoms with Gasteiger partial charge in [0.15, 0.2) is 0 Å². The second kappa shape index (κ2) is 5.82. The molecule has 0 fully saturated rings. The van der Waals surface area contributed by atoms with Gasteiger partial charge in [0.05, 0.1) is 19.3 Å². The lowest BCUT2D eigenvalue weighted by atomic mass is 9.98. The molecular formula is C12H18FNO2. The molecule has 0 aliphatic carbocycles. The molecule has 16 heavy (non-hydrogen) atoms. The minimum atomic E-state index is -0.730. The molecule has 4 heteroatoms. The van der Waals surface area contributed by atoms with Crippen molar-refractivity contribution in [3.05, 3.63) is 29.6 Å². The molecule has 0 bridgehead atoms. The van der Waals surface area contributed by atoms with E-state index in [1.54, 1.807) is 0 Å². The van der Waals surface area contributed by atoms with Crippen molar-refractivity contribution in [1.82, 2.24) is 0 Å². The summed E-state index contributed by atoms with van der Waals surface area (Å²) in [5.41, 5.74) is 6.10. The number of hydrogen-bond donors (Lipinski definition) is 2. The Morgan fingerprint density at radius 1 is 1.50 bits per heavy atom. The van der Waals surface area contributed by atoms with Crippen molar-refractivity contribution < 1.29 is 14.2 Å². The fraction of sp³-hybridized carbons (Fsp3) is 0.500. The van der Waals surface area contributed by atoms with Crippen molar-refractivity contribution in [2.24, 2.45) is 5.73 Å². The first-order chi connectivity index (χ1) is 7.60. The summed E-state index contributed by atoms with van der Waals surface area (Å²) in [5, 5.41) is 9.73. The Hall–Kier alpha value is -1.13. The maximum Gasteiger partial charge on any atom is 0.128 e. The molecule has 0 heterocycles. The Balaban J connectivity index is 2.92. The van der Waals surface area contributed by atoms with Gasteiger partial charge in [-0.15, -0.1) is 0 Å². The van der Waals surface area contributed by atoms with E-state index in [2.05, 4.69) is 0 Å². The molecule has 0 saturated heterocycles. The van der Waals surface area contributed by atoms with Crippen LogP contribution in [0.25, 0.3) is 0 Å². The predicted octanol–water partition coefficient (Wildman–Crippen LogP) is 2.00. The quantitative estimate of drug-likeness (QED) is 0.808. The number of ether oxygens (including phenoxy) is 1. The molecule has 0 spiro atoms. The third-order valence-corrected chi connectivity index (χ3v) is 2.56. The van der Waals surface area contributed by atoms with Crippen molar-refractivity contribution in [2.75, 3.05) is 7.11 Å². The number of aliphatic hydroxyl groups is 1. The summed E-state index contributed by atoms with van der Waals surface area (Å²) in [6.45, 7) is 1.94. The number of halogens is 1. The number of aliphatic hydroxyl groups excluding tert-OH is 1. The van der Waals surface area contributed by atoms with Crippen LogP contribution in [0.15, 0.2) is 18.2 Å². The fourth-order valence-electron chi connectivity index (χ4n) is 1.59. The Labute approximate surface area is 95.0 Å². The van der Waals surface area contributed by atoms with Gasteiger partial charge in [-0.1, -0.05) is 13.3 Å². The largest absolute Gasteiger partial charge is 0.497 e. The zero-order valence-corrected chi connectivity index (χ0v) is 9.61. The van der Waals surface area contributed by atoms with Crippen LogP contribution in [-0.4, -0.2) is 18.3 Å². The number of rotatable bonds is 5. The van der Waals surface area contributed by atoms with E-state index in [1.807, 2.05) is 6.92 Å². The minimum absolute atomic E-state index is 0.292.